The lowest BCUT2D eigenvalue weighted by Crippen LogP contribution is -1.98. The molecule has 0 bridgehead atoms. The van der Waals surface area contributed by atoms with Crippen molar-refractivity contribution in [3.8, 4) is 0 Å². The summed E-state index contributed by atoms with van der Waals surface area (Å²) >= 11 is 6.99. The molecule has 2 aromatic carbocycles. The Morgan fingerprint density at radius 3 is 2.56 bits per heavy atom. The smallest absolute Gasteiger partial charge is 0.137 e. The van der Waals surface area contributed by atoms with Crippen LogP contribution in [0.4, 0.5) is 8.78 Å². The lowest BCUT2D eigenvalue weighted by Gasteiger charge is -2.08. The van der Waals surface area contributed by atoms with E-state index < -0.39 is 11.6 Å². The van der Waals surface area contributed by atoms with Gasteiger partial charge in [0.25, 0.3) is 0 Å². The van der Waals surface area contributed by atoms with Crippen LogP contribution in [-0.2, 0) is 6.54 Å². The summed E-state index contributed by atoms with van der Waals surface area (Å²) in [4.78, 5) is 0.999. The van der Waals surface area contributed by atoms with E-state index in [0.717, 1.165) is 40.4 Å². The number of rotatable bonds is 3. The van der Waals surface area contributed by atoms with Gasteiger partial charge in [0, 0.05) is 16.5 Å². The van der Waals surface area contributed by atoms with Crippen LogP contribution in [0.3, 0.4) is 0 Å². The average molecular weight is 286 g/mol. The van der Waals surface area contributed by atoms with Gasteiger partial charge in [-0.05, 0) is 42.0 Å². The lowest BCUT2D eigenvalue weighted by atomic mass is 10.2. The highest BCUT2D eigenvalue weighted by Gasteiger charge is 2.09. The quantitative estimate of drug-likeness (QED) is 0.913. The summed E-state index contributed by atoms with van der Waals surface area (Å²) < 4.78 is 26.6. The van der Waals surface area contributed by atoms with Crippen molar-refractivity contribution in [3.63, 3.8) is 0 Å². The molecule has 1 nitrogen and oxygen atoms in total. The van der Waals surface area contributed by atoms with Crippen molar-refractivity contribution in [1.82, 2.24) is 0 Å². The molecule has 0 aliphatic rings. The number of hydrogen-bond donors (Lipinski definition) is 1. The van der Waals surface area contributed by atoms with Crippen LogP contribution in [-0.4, -0.2) is 0 Å². The predicted molar refractivity (Wildman–Crippen MR) is 69.8 cm³/mol. The van der Waals surface area contributed by atoms with E-state index in [1.807, 2.05) is 0 Å². The highest BCUT2D eigenvalue weighted by Crippen LogP contribution is 2.33. The summed E-state index contributed by atoms with van der Waals surface area (Å²) in [5.74, 6) is -0.929. The largest absolute Gasteiger partial charge is 0.326 e. The second-order valence-electron chi connectivity index (χ2n) is 3.63. The van der Waals surface area contributed by atoms with Crippen LogP contribution < -0.4 is 5.73 Å². The Morgan fingerprint density at radius 2 is 1.83 bits per heavy atom. The van der Waals surface area contributed by atoms with E-state index >= 15 is 0 Å². The molecule has 0 amide bonds. The van der Waals surface area contributed by atoms with E-state index in [4.69, 9.17) is 17.3 Å². The highest BCUT2D eigenvalue weighted by molar-refractivity contribution is 7.99. The molecule has 0 saturated carbocycles. The number of hydrogen-bond acceptors (Lipinski definition) is 2. The van der Waals surface area contributed by atoms with E-state index in [0.29, 0.717) is 11.6 Å². The van der Waals surface area contributed by atoms with Crippen LogP contribution in [0.5, 0.6) is 0 Å². The molecule has 0 aromatic heterocycles. The van der Waals surface area contributed by atoms with Gasteiger partial charge in [-0.1, -0.05) is 23.4 Å². The molecule has 18 heavy (non-hydrogen) atoms. The Morgan fingerprint density at radius 1 is 1.06 bits per heavy atom. The first-order chi connectivity index (χ1) is 8.60. The van der Waals surface area contributed by atoms with Crippen molar-refractivity contribution in [2.24, 2.45) is 5.73 Å². The summed E-state index contributed by atoms with van der Waals surface area (Å²) in [7, 11) is 0. The van der Waals surface area contributed by atoms with Gasteiger partial charge in [-0.25, -0.2) is 8.78 Å². The van der Waals surface area contributed by atoms with Crippen LogP contribution in [0.2, 0.25) is 5.02 Å². The van der Waals surface area contributed by atoms with Gasteiger partial charge in [0.05, 0.1) is 4.90 Å². The Labute approximate surface area is 113 Å². The van der Waals surface area contributed by atoms with Crippen molar-refractivity contribution >= 4 is 23.4 Å². The number of benzene rings is 2. The van der Waals surface area contributed by atoms with Crippen LogP contribution in [0.25, 0.3) is 0 Å². The minimum absolute atomic E-state index is 0.229. The van der Waals surface area contributed by atoms with Crippen molar-refractivity contribution in [3.05, 3.63) is 58.6 Å². The standard InChI is InChI=1S/C13H10ClF2NS/c14-9-1-4-12(8(5-9)7-17)18-13-6-10(15)2-3-11(13)16/h1-6H,7,17H2. The molecule has 0 spiro atoms. The lowest BCUT2D eigenvalue weighted by molar-refractivity contribution is 0.577. The van der Waals surface area contributed by atoms with Crippen LogP contribution in [0, 0.1) is 11.6 Å². The fourth-order valence-electron chi connectivity index (χ4n) is 1.48. The zero-order valence-corrected chi connectivity index (χ0v) is 10.9. The topological polar surface area (TPSA) is 26.0 Å². The Balaban J connectivity index is 2.36. The number of nitrogens with two attached hydrogens (primary N) is 1. The fraction of sp³-hybridized carbons (Fsp3) is 0.0769. The highest BCUT2D eigenvalue weighted by atomic mass is 35.5. The van der Waals surface area contributed by atoms with Gasteiger partial charge < -0.3 is 5.73 Å². The summed E-state index contributed by atoms with van der Waals surface area (Å²) in [5.41, 5.74) is 6.40. The van der Waals surface area contributed by atoms with E-state index in [-0.39, 0.29) is 4.90 Å². The molecule has 0 fully saturated rings. The van der Waals surface area contributed by atoms with Gasteiger partial charge >= 0.3 is 0 Å². The minimum Gasteiger partial charge on any atom is -0.326 e. The first kappa shape index (κ1) is 13.3. The molecule has 0 saturated heterocycles. The maximum atomic E-state index is 13.5. The molecule has 0 radical (unpaired) electrons. The van der Waals surface area contributed by atoms with Gasteiger partial charge in [-0.3, -0.25) is 0 Å². The Hall–Kier alpha value is -1.10. The third-order valence-corrected chi connectivity index (χ3v) is 3.74. The third kappa shape index (κ3) is 3.02. The predicted octanol–water partition coefficient (Wildman–Crippen LogP) is 4.23. The van der Waals surface area contributed by atoms with Crippen molar-refractivity contribution in [2.45, 2.75) is 16.3 Å². The van der Waals surface area contributed by atoms with Gasteiger partial charge in [0.2, 0.25) is 0 Å². The third-order valence-electron chi connectivity index (χ3n) is 2.36. The monoisotopic (exact) mass is 285 g/mol. The van der Waals surface area contributed by atoms with Crippen LogP contribution >= 0.6 is 23.4 Å². The molecular formula is C13H10ClF2NS. The van der Waals surface area contributed by atoms with Crippen molar-refractivity contribution < 1.29 is 8.78 Å². The summed E-state index contributed by atoms with van der Waals surface area (Å²) in [6, 6.07) is 8.52. The van der Waals surface area contributed by atoms with Crippen LogP contribution in [0.1, 0.15) is 5.56 Å². The Kier molecular flexibility index (Phi) is 4.22. The van der Waals surface area contributed by atoms with Gasteiger partial charge in [-0.2, -0.15) is 0 Å². The van der Waals surface area contributed by atoms with E-state index in [9.17, 15) is 8.78 Å². The zero-order chi connectivity index (χ0) is 13.1. The minimum atomic E-state index is -0.470. The molecule has 0 aliphatic heterocycles. The van der Waals surface area contributed by atoms with Crippen molar-refractivity contribution in [1.29, 1.82) is 0 Å². The average Bonchev–Trinajstić information content (AvgIpc) is 2.36. The molecule has 2 N–H and O–H groups in total. The number of halogens is 3. The molecule has 5 heteroatoms. The maximum absolute atomic E-state index is 13.5. The first-order valence-corrected chi connectivity index (χ1v) is 6.41. The first-order valence-electron chi connectivity index (χ1n) is 5.21. The molecule has 94 valence electrons. The van der Waals surface area contributed by atoms with Gasteiger partial charge in [0.1, 0.15) is 11.6 Å². The second-order valence-corrected chi connectivity index (χ2v) is 5.15. The van der Waals surface area contributed by atoms with E-state index in [1.54, 1.807) is 18.2 Å². The molecule has 2 rings (SSSR count). The molecule has 2 aromatic rings. The summed E-state index contributed by atoms with van der Waals surface area (Å²) in [6.45, 7) is 0.291. The van der Waals surface area contributed by atoms with Gasteiger partial charge in [-0.15, -0.1) is 0 Å². The summed E-state index contributed by atoms with van der Waals surface area (Å²) in [5, 5.41) is 0.569. The second kappa shape index (κ2) is 5.69. The van der Waals surface area contributed by atoms with E-state index in [1.165, 1.54) is 0 Å². The maximum Gasteiger partial charge on any atom is 0.137 e. The van der Waals surface area contributed by atoms with E-state index in [2.05, 4.69) is 0 Å². The summed E-state index contributed by atoms with van der Waals surface area (Å²) in [6.07, 6.45) is 0. The van der Waals surface area contributed by atoms with Gasteiger partial charge in [0.15, 0.2) is 0 Å². The molecule has 0 atom stereocenters. The molecule has 0 heterocycles. The fourth-order valence-corrected chi connectivity index (χ4v) is 2.66. The molecular weight excluding hydrogens is 276 g/mol. The Bertz CT molecular complexity index is 575. The normalized spacial score (nSPS) is 10.7. The SMILES string of the molecule is NCc1cc(Cl)ccc1Sc1cc(F)ccc1F. The molecule has 0 aliphatic carbocycles. The zero-order valence-electron chi connectivity index (χ0n) is 9.29. The molecule has 0 unspecified atom stereocenters. The van der Waals surface area contributed by atoms with Crippen molar-refractivity contribution in [2.75, 3.05) is 0 Å². The van der Waals surface area contributed by atoms with Crippen LogP contribution in [0.15, 0.2) is 46.2 Å².